The maximum absolute atomic E-state index is 13.5. The number of carbonyl (C=O) groups is 3. The number of hydrogen-bond donors (Lipinski definition) is 1. The number of piperidine rings is 1. The summed E-state index contributed by atoms with van der Waals surface area (Å²) in [6, 6.07) is 13.8. The van der Waals surface area contributed by atoms with Gasteiger partial charge in [-0.3, -0.25) is 14.4 Å². The van der Waals surface area contributed by atoms with Gasteiger partial charge >= 0.3 is 5.97 Å². The van der Waals surface area contributed by atoms with Crippen molar-refractivity contribution >= 4 is 65.7 Å². The van der Waals surface area contributed by atoms with Gasteiger partial charge in [0.25, 0.3) is 5.91 Å². The van der Waals surface area contributed by atoms with Gasteiger partial charge in [-0.25, -0.2) is 13.4 Å². The number of esters is 1. The first kappa shape index (κ1) is 30.4. The quantitative estimate of drug-likeness (QED) is 0.274. The van der Waals surface area contributed by atoms with E-state index < -0.39 is 10.0 Å². The van der Waals surface area contributed by atoms with E-state index in [1.807, 2.05) is 24.3 Å². The number of para-hydroxylation sites is 1. The number of ether oxygens (including phenoxy) is 1. The lowest BCUT2D eigenvalue weighted by molar-refractivity contribution is -0.149. The maximum Gasteiger partial charge on any atom is 0.309 e. The van der Waals surface area contributed by atoms with Crippen molar-refractivity contribution in [3.63, 3.8) is 0 Å². The van der Waals surface area contributed by atoms with Gasteiger partial charge in [0.1, 0.15) is 10.0 Å². The standard InChI is InChI=1S/C31H32N4O6S3/c1-3-41-31(38)21-12-16-35(17-13-21)44(39,40)22-10-8-20(9-11-22)28(37)33-30-27(29-32-24-6-4-5-7-25(24)42-29)23-14-15-34(19(2)36)18-26(23)43-30/h4-11,21H,3,12-18H2,1-2H3,(H,33,37). The number of anilines is 1. The molecule has 44 heavy (non-hydrogen) atoms. The number of fused-ring (bicyclic) bond motifs is 2. The van der Waals surface area contributed by atoms with Crippen molar-refractivity contribution in [2.75, 3.05) is 31.6 Å². The lowest BCUT2D eigenvalue weighted by atomic mass is 9.98. The molecule has 10 nitrogen and oxygen atoms in total. The lowest BCUT2D eigenvalue weighted by Crippen LogP contribution is -2.40. The maximum atomic E-state index is 13.5. The number of nitrogens with one attached hydrogen (secondary N) is 1. The van der Waals surface area contributed by atoms with Crippen LogP contribution in [0.25, 0.3) is 20.8 Å². The Bertz CT molecular complexity index is 1810. The molecule has 4 heterocycles. The van der Waals surface area contributed by atoms with E-state index in [1.165, 1.54) is 39.9 Å². The topological polar surface area (TPSA) is 126 Å². The number of thiophene rings is 1. The molecular formula is C31H32N4O6S3. The summed E-state index contributed by atoms with van der Waals surface area (Å²) >= 11 is 3.01. The van der Waals surface area contributed by atoms with Gasteiger partial charge in [0.05, 0.1) is 34.2 Å². The van der Waals surface area contributed by atoms with Crippen molar-refractivity contribution < 1.29 is 27.5 Å². The van der Waals surface area contributed by atoms with Crippen molar-refractivity contribution in [2.45, 2.75) is 44.6 Å². The number of thiazole rings is 1. The number of sulfonamides is 1. The first-order chi connectivity index (χ1) is 21.2. The minimum atomic E-state index is -3.78. The molecule has 13 heteroatoms. The number of amides is 2. The SMILES string of the molecule is CCOC(=O)C1CCN(S(=O)(=O)c2ccc(C(=O)Nc3sc4c(c3-c3nc5ccccc5s3)CCN(C(C)=O)C4)cc2)CC1. The molecule has 0 saturated carbocycles. The van der Waals surface area contributed by atoms with E-state index in [9.17, 15) is 22.8 Å². The van der Waals surface area contributed by atoms with Crippen LogP contribution >= 0.6 is 22.7 Å². The summed E-state index contributed by atoms with van der Waals surface area (Å²) in [5, 5.41) is 4.52. The molecule has 2 aliphatic heterocycles. The third-order valence-corrected chi connectivity index (χ3v) is 12.2. The molecule has 2 amide bonds. The van der Waals surface area contributed by atoms with Gasteiger partial charge in [0.2, 0.25) is 15.9 Å². The van der Waals surface area contributed by atoms with Crippen molar-refractivity contribution in [3.8, 4) is 10.6 Å². The molecule has 1 fully saturated rings. The lowest BCUT2D eigenvalue weighted by Gasteiger charge is -2.30. The highest BCUT2D eigenvalue weighted by Gasteiger charge is 2.33. The van der Waals surface area contributed by atoms with E-state index in [0.717, 1.165) is 31.2 Å². The molecule has 2 aliphatic rings. The fourth-order valence-corrected chi connectivity index (χ4v) is 9.50. The van der Waals surface area contributed by atoms with Crippen LogP contribution in [0, 0.1) is 5.92 Å². The third-order valence-electron chi connectivity index (χ3n) is 8.07. The van der Waals surface area contributed by atoms with Crippen LogP contribution < -0.4 is 5.32 Å². The highest BCUT2D eigenvalue weighted by Crippen LogP contribution is 2.46. The predicted octanol–water partition coefficient (Wildman–Crippen LogP) is 5.15. The summed E-state index contributed by atoms with van der Waals surface area (Å²) in [4.78, 5) is 45.4. The van der Waals surface area contributed by atoms with Crippen LogP contribution in [0.3, 0.4) is 0 Å². The second kappa shape index (κ2) is 12.4. The van der Waals surface area contributed by atoms with Crippen molar-refractivity contribution in [1.29, 1.82) is 0 Å². The number of hydrogen-bond acceptors (Lipinski definition) is 9. The molecule has 4 aromatic rings. The molecule has 1 saturated heterocycles. The molecule has 6 rings (SSSR count). The summed E-state index contributed by atoms with van der Waals surface area (Å²) in [7, 11) is -3.78. The molecule has 0 bridgehead atoms. The molecule has 230 valence electrons. The monoisotopic (exact) mass is 652 g/mol. The average Bonchev–Trinajstić information content (AvgIpc) is 3.61. The number of rotatable bonds is 7. The van der Waals surface area contributed by atoms with Gasteiger partial charge in [0.15, 0.2) is 0 Å². The van der Waals surface area contributed by atoms with Crippen molar-refractivity contribution in [3.05, 3.63) is 64.5 Å². The fraction of sp³-hybridized carbons (Fsp3) is 0.355. The van der Waals surface area contributed by atoms with E-state index in [1.54, 1.807) is 30.1 Å². The Kier molecular flexibility index (Phi) is 8.55. The number of aromatic nitrogens is 1. The number of carbonyl (C=O) groups excluding carboxylic acids is 3. The van der Waals surface area contributed by atoms with Gasteiger partial charge < -0.3 is 15.0 Å². The zero-order valence-electron chi connectivity index (χ0n) is 24.4. The summed E-state index contributed by atoms with van der Waals surface area (Å²) in [5.41, 5.74) is 3.17. The van der Waals surface area contributed by atoms with Crippen LogP contribution in [-0.2, 0) is 37.3 Å². The Morgan fingerprint density at radius 1 is 1.02 bits per heavy atom. The van der Waals surface area contributed by atoms with Gasteiger partial charge in [-0.2, -0.15) is 4.31 Å². The number of benzene rings is 2. The van der Waals surface area contributed by atoms with Crippen LogP contribution in [-0.4, -0.2) is 66.6 Å². The van der Waals surface area contributed by atoms with E-state index in [2.05, 4.69) is 5.32 Å². The van der Waals surface area contributed by atoms with Crippen molar-refractivity contribution in [2.24, 2.45) is 5.92 Å². The first-order valence-corrected chi connectivity index (χ1v) is 17.6. The molecule has 2 aromatic heterocycles. The Hall–Kier alpha value is -3.65. The summed E-state index contributed by atoms with van der Waals surface area (Å²) < 4.78 is 34.1. The number of nitrogens with zero attached hydrogens (tertiary/aromatic N) is 3. The molecular weight excluding hydrogens is 621 g/mol. The minimum absolute atomic E-state index is 0.00887. The summed E-state index contributed by atoms with van der Waals surface area (Å²) in [6.07, 6.45) is 1.48. The molecule has 0 aliphatic carbocycles. The Morgan fingerprint density at radius 2 is 1.75 bits per heavy atom. The fourth-order valence-electron chi connectivity index (χ4n) is 5.66. The van der Waals surface area contributed by atoms with Crippen LogP contribution in [0.2, 0.25) is 0 Å². The highest BCUT2D eigenvalue weighted by atomic mass is 32.2. The minimum Gasteiger partial charge on any atom is -0.466 e. The summed E-state index contributed by atoms with van der Waals surface area (Å²) in [6.45, 7) is 5.14. The zero-order chi connectivity index (χ0) is 31.0. The molecule has 2 aromatic carbocycles. The Labute approximate surface area is 263 Å². The van der Waals surface area contributed by atoms with E-state index in [0.29, 0.717) is 49.5 Å². The molecule has 1 N–H and O–H groups in total. The largest absolute Gasteiger partial charge is 0.466 e. The zero-order valence-corrected chi connectivity index (χ0v) is 26.8. The smallest absolute Gasteiger partial charge is 0.309 e. The Balaban J connectivity index is 1.22. The second-order valence-electron chi connectivity index (χ2n) is 10.8. The predicted molar refractivity (Wildman–Crippen MR) is 170 cm³/mol. The van der Waals surface area contributed by atoms with Gasteiger partial charge in [-0.05, 0) is 68.1 Å². The van der Waals surface area contributed by atoms with Crippen LogP contribution in [0.5, 0.6) is 0 Å². The molecule has 0 atom stereocenters. The third kappa shape index (κ3) is 5.88. The second-order valence-corrected chi connectivity index (χ2v) is 14.9. The first-order valence-electron chi connectivity index (χ1n) is 14.5. The van der Waals surface area contributed by atoms with Crippen LogP contribution in [0.1, 0.15) is 47.5 Å². The van der Waals surface area contributed by atoms with Crippen LogP contribution in [0.15, 0.2) is 53.4 Å². The van der Waals surface area contributed by atoms with E-state index in [4.69, 9.17) is 9.72 Å². The highest BCUT2D eigenvalue weighted by molar-refractivity contribution is 7.89. The molecule has 0 radical (unpaired) electrons. The normalized spacial score (nSPS) is 16.1. The van der Waals surface area contributed by atoms with Gasteiger partial charge in [0, 0.05) is 42.6 Å². The Morgan fingerprint density at radius 3 is 2.43 bits per heavy atom. The van der Waals surface area contributed by atoms with Crippen LogP contribution in [0.4, 0.5) is 5.00 Å². The van der Waals surface area contributed by atoms with Crippen molar-refractivity contribution in [1.82, 2.24) is 14.2 Å². The van der Waals surface area contributed by atoms with E-state index in [-0.39, 0.29) is 41.7 Å². The molecule has 0 unspecified atom stereocenters. The molecule has 0 spiro atoms. The van der Waals surface area contributed by atoms with Gasteiger partial charge in [-0.15, -0.1) is 22.7 Å². The van der Waals surface area contributed by atoms with E-state index >= 15 is 0 Å². The van der Waals surface area contributed by atoms with Gasteiger partial charge in [-0.1, -0.05) is 12.1 Å². The summed E-state index contributed by atoms with van der Waals surface area (Å²) in [5.74, 6) is -0.939. The average molecular weight is 653 g/mol.